The molecule has 5 heteroatoms. The Balaban J connectivity index is 2.89. The van der Waals surface area contributed by atoms with Gasteiger partial charge in [0, 0.05) is 23.8 Å². The summed E-state index contributed by atoms with van der Waals surface area (Å²) in [5.41, 5.74) is 0.457. The standard InChI is InChI=1S/C12H16BrClN2O/c1-3-5-6-16(4-2)12(17)10-7-9(13)8-15-11(10)14/h7-8H,3-6H2,1-2H3. The third kappa shape index (κ3) is 3.96. The summed E-state index contributed by atoms with van der Waals surface area (Å²) in [5, 5.41) is 0.258. The van der Waals surface area contributed by atoms with Crippen LogP contribution in [0.15, 0.2) is 16.7 Å². The van der Waals surface area contributed by atoms with Crippen molar-refractivity contribution in [3.63, 3.8) is 0 Å². The maximum absolute atomic E-state index is 12.2. The summed E-state index contributed by atoms with van der Waals surface area (Å²) in [6, 6.07) is 1.71. The minimum Gasteiger partial charge on any atom is -0.339 e. The fourth-order valence-corrected chi connectivity index (χ4v) is 2.01. The van der Waals surface area contributed by atoms with Gasteiger partial charge in [-0.3, -0.25) is 4.79 Å². The molecule has 0 unspecified atom stereocenters. The first kappa shape index (κ1) is 14.5. The number of rotatable bonds is 5. The van der Waals surface area contributed by atoms with Gasteiger partial charge in [0.2, 0.25) is 0 Å². The summed E-state index contributed by atoms with van der Waals surface area (Å²) in [6.45, 7) is 5.51. The molecule has 0 bridgehead atoms. The van der Waals surface area contributed by atoms with Crippen LogP contribution in [0.3, 0.4) is 0 Å². The maximum atomic E-state index is 12.2. The molecule has 1 aromatic rings. The SMILES string of the molecule is CCCCN(CC)C(=O)c1cc(Br)cnc1Cl. The van der Waals surface area contributed by atoms with E-state index in [9.17, 15) is 4.79 Å². The Morgan fingerprint density at radius 2 is 2.24 bits per heavy atom. The van der Waals surface area contributed by atoms with Crippen LogP contribution in [0.4, 0.5) is 0 Å². The Bertz CT molecular complexity index is 398. The van der Waals surface area contributed by atoms with Gasteiger partial charge in [-0.2, -0.15) is 0 Å². The lowest BCUT2D eigenvalue weighted by molar-refractivity contribution is 0.0762. The van der Waals surface area contributed by atoms with E-state index in [4.69, 9.17) is 11.6 Å². The molecule has 0 atom stereocenters. The van der Waals surface area contributed by atoms with Crippen LogP contribution in [0, 0.1) is 0 Å². The van der Waals surface area contributed by atoms with E-state index in [0.29, 0.717) is 12.1 Å². The summed E-state index contributed by atoms with van der Waals surface area (Å²) >= 11 is 9.24. The molecular weight excluding hydrogens is 304 g/mol. The molecule has 1 rings (SSSR count). The molecule has 0 saturated carbocycles. The van der Waals surface area contributed by atoms with E-state index >= 15 is 0 Å². The van der Waals surface area contributed by atoms with Crippen molar-refractivity contribution in [3.05, 3.63) is 27.5 Å². The zero-order valence-corrected chi connectivity index (χ0v) is 12.4. The molecule has 1 aromatic heterocycles. The minimum atomic E-state index is -0.0558. The average Bonchev–Trinajstić information content (AvgIpc) is 2.33. The Hall–Kier alpha value is -0.610. The van der Waals surface area contributed by atoms with Crippen LogP contribution in [-0.2, 0) is 0 Å². The lowest BCUT2D eigenvalue weighted by atomic mass is 10.2. The number of unbranched alkanes of at least 4 members (excludes halogenated alkanes) is 1. The van der Waals surface area contributed by atoms with E-state index < -0.39 is 0 Å². The van der Waals surface area contributed by atoms with E-state index in [1.54, 1.807) is 17.2 Å². The van der Waals surface area contributed by atoms with Crippen molar-refractivity contribution in [3.8, 4) is 0 Å². The highest BCUT2D eigenvalue weighted by molar-refractivity contribution is 9.10. The second-order valence-electron chi connectivity index (χ2n) is 3.73. The fourth-order valence-electron chi connectivity index (χ4n) is 1.50. The molecule has 0 aliphatic heterocycles. The van der Waals surface area contributed by atoms with Gasteiger partial charge in [-0.25, -0.2) is 4.98 Å². The van der Waals surface area contributed by atoms with Gasteiger partial charge < -0.3 is 4.90 Å². The molecular formula is C12H16BrClN2O. The fraction of sp³-hybridized carbons (Fsp3) is 0.500. The van der Waals surface area contributed by atoms with Crippen molar-refractivity contribution in [2.75, 3.05) is 13.1 Å². The molecule has 0 saturated heterocycles. The first-order valence-corrected chi connectivity index (χ1v) is 6.87. The van der Waals surface area contributed by atoms with Crippen LogP contribution in [0.1, 0.15) is 37.0 Å². The number of hydrogen-bond acceptors (Lipinski definition) is 2. The van der Waals surface area contributed by atoms with Crippen molar-refractivity contribution >= 4 is 33.4 Å². The average molecular weight is 320 g/mol. The van der Waals surface area contributed by atoms with Gasteiger partial charge in [-0.05, 0) is 35.3 Å². The van der Waals surface area contributed by atoms with Crippen molar-refractivity contribution in [2.24, 2.45) is 0 Å². The summed E-state index contributed by atoms with van der Waals surface area (Å²) in [4.78, 5) is 18.0. The van der Waals surface area contributed by atoms with Crippen molar-refractivity contribution in [1.29, 1.82) is 0 Å². The number of amides is 1. The van der Waals surface area contributed by atoms with Crippen LogP contribution in [0.5, 0.6) is 0 Å². The summed E-state index contributed by atoms with van der Waals surface area (Å²) in [5.74, 6) is -0.0558. The number of nitrogens with zero attached hydrogens (tertiary/aromatic N) is 2. The number of hydrogen-bond donors (Lipinski definition) is 0. The number of halogens is 2. The summed E-state index contributed by atoms with van der Waals surface area (Å²) in [7, 11) is 0. The molecule has 0 N–H and O–H groups in total. The second kappa shape index (κ2) is 6.97. The normalized spacial score (nSPS) is 10.4. The summed E-state index contributed by atoms with van der Waals surface area (Å²) < 4.78 is 0.761. The van der Waals surface area contributed by atoms with Crippen LogP contribution in [0.25, 0.3) is 0 Å². The van der Waals surface area contributed by atoms with Crippen molar-refractivity contribution in [1.82, 2.24) is 9.88 Å². The van der Waals surface area contributed by atoms with E-state index in [0.717, 1.165) is 23.9 Å². The molecule has 17 heavy (non-hydrogen) atoms. The van der Waals surface area contributed by atoms with Gasteiger partial charge in [-0.15, -0.1) is 0 Å². The Morgan fingerprint density at radius 3 is 2.82 bits per heavy atom. The first-order chi connectivity index (χ1) is 8.10. The quantitative estimate of drug-likeness (QED) is 0.774. The molecule has 1 heterocycles. The highest BCUT2D eigenvalue weighted by Gasteiger charge is 2.17. The lowest BCUT2D eigenvalue weighted by Crippen LogP contribution is -2.32. The van der Waals surface area contributed by atoms with Gasteiger partial charge >= 0.3 is 0 Å². The molecule has 0 spiro atoms. The predicted octanol–water partition coefficient (Wildman–Crippen LogP) is 3.76. The monoisotopic (exact) mass is 318 g/mol. The van der Waals surface area contributed by atoms with E-state index in [1.165, 1.54) is 0 Å². The first-order valence-electron chi connectivity index (χ1n) is 5.70. The summed E-state index contributed by atoms with van der Waals surface area (Å²) in [6.07, 6.45) is 3.65. The Morgan fingerprint density at radius 1 is 1.53 bits per heavy atom. The van der Waals surface area contributed by atoms with Gasteiger partial charge in [0.05, 0.1) is 5.56 Å². The van der Waals surface area contributed by atoms with Gasteiger partial charge in [0.1, 0.15) is 5.15 Å². The largest absolute Gasteiger partial charge is 0.339 e. The molecule has 94 valence electrons. The van der Waals surface area contributed by atoms with E-state index in [2.05, 4.69) is 27.8 Å². The zero-order chi connectivity index (χ0) is 12.8. The molecule has 0 aliphatic carbocycles. The number of carbonyl (C=O) groups excluding carboxylic acids is 1. The maximum Gasteiger partial charge on any atom is 0.257 e. The van der Waals surface area contributed by atoms with Gasteiger partial charge in [0.25, 0.3) is 5.91 Å². The van der Waals surface area contributed by atoms with Crippen LogP contribution in [-0.4, -0.2) is 28.9 Å². The van der Waals surface area contributed by atoms with Crippen molar-refractivity contribution in [2.45, 2.75) is 26.7 Å². The minimum absolute atomic E-state index is 0.0558. The van der Waals surface area contributed by atoms with Crippen molar-refractivity contribution < 1.29 is 4.79 Å². The molecule has 0 aromatic carbocycles. The third-order valence-electron chi connectivity index (χ3n) is 2.49. The number of pyridine rings is 1. The molecule has 0 radical (unpaired) electrons. The molecule has 0 aliphatic rings. The molecule has 0 fully saturated rings. The smallest absolute Gasteiger partial charge is 0.257 e. The van der Waals surface area contributed by atoms with Crippen LogP contribution >= 0.6 is 27.5 Å². The second-order valence-corrected chi connectivity index (χ2v) is 5.00. The number of carbonyl (C=O) groups is 1. The van der Waals surface area contributed by atoms with E-state index in [-0.39, 0.29) is 11.1 Å². The predicted molar refractivity (Wildman–Crippen MR) is 73.4 cm³/mol. The van der Waals surface area contributed by atoms with Gasteiger partial charge in [0.15, 0.2) is 0 Å². The van der Waals surface area contributed by atoms with E-state index in [1.807, 2.05) is 6.92 Å². The Labute approximate surface area is 115 Å². The highest BCUT2D eigenvalue weighted by Crippen LogP contribution is 2.19. The molecule has 3 nitrogen and oxygen atoms in total. The van der Waals surface area contributed by atoms with Gasteiger partial charge in [-0.1, -0.05) is 24.9 Å². The third-order valence-corrected chi connectivity index (χ3v) is 3.22. The van der Waals surface area contributed by atoms with Crippen LogP contribution < -0.4 is 0 Å². The number of aromatic nitrogens is 1. The molecule has 1 amide bonds. The highest BCUT2D eigenvalue weighted by atomic mass is 79.9. The lowest BCUT2D eigenvalue weighted by Gasteiger charge is -2.21. The topological polar surface area (TPSA) is 33.2 Å². The Kier molecular flexibility index (Phi) is 5.92. The zero-order valence-electron chi connectivity index (χ0n) is 10.0. The van der Waals surface area contributed by atoms with Crippen LogP contribution in [0.2, 0.25) is 5.15 Å².